The Morgan fingerprint density at radius 1 is 1.18 bits per heavy atom. The number of allylic oxidation sites excluding steroid dienone is 2. The van der Waals surface area contributed by atoms with Crippen LogP contribution in [0.15, 0.2) is 29.5 Å². The summed E-state index contributed by atoms with van der Waals surface area (Å²) < 4.78 is 0. The van der Waals surface area contributed by atoms with Crippen molar-refractivity contribution < 1.29 is 9.59 Å². The molecule has 22 heavy (non-hydrogen) atoms. The van der Waals surface area contributed by atoms with Gasteiger partial charge in [0, 0.05) is 30.0 Å². The number of carbonyl (C=O) groups is 2. The minimum Gasteiger partial charge on any atom is -0.329 e. The molecular formula is C17H17Cl2NO2. The zero-order valence-corrected chi connectivity index (χ0v) is 14.0. The van der Waals surface area contributed by atoms with Gasteiger partial charge in [0.2, 0.25) is 5.91 Å². The van der Waals surface area contributed by atoms with Crippen LogP contribution in [-0.2, 0) is 9.59 Å². The Hall–Kier alpha value is -1.32. The first-order chi connectivity index (χ1) is 10.3. The van der Waals surface area contributed by atoms with E-state index in [9.17, 15) is 9.59 Å². The number of halogens is 2. The standard InChI is InChI=1S/C17H17Cl2NO2/c1-17(2)7-12-15(13(21)8-17)10(6-14(22)20-12)9-4-3-5-11(18)16(9)19/h3-5,10H,6-8H2,1-2H3,(H,20,22). The molecule has 1 unspecified atom stereocenters. The van der Waals surface area contributed by atoms with E-state index in [1.54, 1.807) is 12.1 Å². The first-order valence-corrected chi connectivity index (χ1v) is 8.04. The maximum atomic E-state index is 12.6. The van der Waals surface area contributed by atoms with E-state index in [4.69, 9.17) is 23.2 Å². The monoisotopic (exact) mass is 337 g/mol. The van der Waals surface area contributed by atoms with Crippen molar-refractivity contribution in [1.29, 1.82) is 0 Å². The smallest absolute Gasteiger partial charge is 0.225 e. The summed E-state index contributed by atoms with van der Waals surface area (Å²) in [7, 11) is 0. The molecule has 1 aromatic carbocycles. The molecule has 0 fully saturated rings. The number of amides is 1. The van der Waals surface area contributed by atoms with Crippen LogP contribution in [0, 0.1) is 5.41 Å². The molecule has 0 radical (unpaired) electrons. The van der Waals surface area contributed by atoms with Gasteiger partial charge in [-0.15, -0.1) is 0 Å². The quantitative estimate of drug-likeness (QED) is 0.832. The Morgan fingerprint density at radius 3 is 2.64 bits per heavy atom. The highest BCUT2D eigenvalue weighted by Crippen LogP contribution is 2.45. The van der Waals surface area contributed by atoms with Crippen molar-refractivity contribution in [3.05, 3.63) is 45.1 Å². The Labute approximate surface area is 139 Å². The summed E-state index contributed by atoms with van der Waals surface area (Å²) in [5.41, 5.74) is 2.06. The van der Waals surface area contributed by atoms with Crippen LogP contribution >= 0.6 is 23.2 Å². The molecule has 1 N–H and O–H groups in total. The molecule has 0 spiro atoms. The van der Waals surface area contributed by atoms with Gasteiger partial charge in [-0.05, 0) is 23.5 Å². The second kappa shape index (κ2) is 5.39. The SMILES string of the molecule is CC1(C)CC(=O)C2=C(C1)NC(=O)CC2c1cccc(Cl)c1Cl. The molecule has 1 aliphatic carbocycles. The lowest BCUT2D eigenvalue weighted by atomic mass is 9.70. The van der Waals surface area contributed by atoms with Gasteiger partial charge in [-0.2, -0.15) is 0 Å². The second-order valence-corrected chi connectivity index (χ2v) is 7.57. The zero-order valence-electron chi connectivity index (χ0n) is 12.5. The summed E-state index contributed by atoms with van der Waals surface area (Å²) in [6.07, 6.45) is 1.40. The van der Waals surface area contributed by atoms with Crippen molar-refractivity contribution in [3.63, 3.8) is 0 Å². The molecular weight excluding hydrogens is 321 g/mol. The van der Waals surface area contributed by atoms with Crippen LogP contribution in [0.4, 0.5) is 0 Å². The number of hydrogen-bond acceptors (Lipinski definition) is 2. The number of Topliss-reactive ketones (excluding diaryl/α,β-unsaturated/α-hetero) is 1. The van der Waals surface area contributed by atoms with E-state index in [2.05, 4.69) is 5.32 Å². The van der Waals surface area contributed by atoms with Gasteiger partial charge in [0.05, 0.1) is 10.0 Å². The molecule has 5 heteroatoms. The molecule has 1 amide bonds. The molecule has 116 valence electrons. The van der Waals surface area contributed by atoms with Crippen molar-refractivity contribution in [2.75, 3.05) is 0 Å². The highest BCUT2D eigenvalue weighted by molar-refractivity contribution is 6.42. The number of ketones is 1. The van der Waals surface area contributed by atoms with Crippen LogP contribution in [0.1, 0.15) is 44.6 Å². The van der Waals surface area contributed by atoms with Gasteiger partial charge >= 0.3 is 0 Å². The Bertz CT molecular complexity index is 707. The molecule has 0 saturated carbocycles. The molecule has 0 saturated heterocycles. The van der Waals surface area contributed by atoms with Gasteiger partial charge in [0.1, 0.15) is 0 Å². The van der Waals surface area contributed by atoms with E-state index in [0.29, 0.717) is 28.5 Å². The Balaban J connectivity index is 2.13. The van der Waals surface area contributed by atoms with Crippen molar-refractivity contribution in [2.24, 2.45) is 5.41 Å². The average molecular weight is 338 g/mol. The summed E-state index contributed by atoms with van der Waals surface area (Å²) in [6.45, 7) is 4.08. The third-order valence-corrected chi connectivity index (χ3v) is 5.14. The summed E-state index contributed by atoms with van der Waals surface area (Å²) in [6, 6.07) is 5.35. The predicted molar refractivity (Wildman–Crippen MR) is 87.0 cm³/mol. The van der Waals surface area contributed by atoms with Crippen LogP contribution in [0.5, 0.6) is 0 Å². The van der Waals surface area contributed by atoms with Crippen LogP contribution in [0.25, 0.3) is 0 Å². The molecule has 2 aliphatic rings. The van der Waals surface area contributed by atoms with Gasteiger partial charge < -0.3 is 5.32 Å². The number of carbonyl (C=O) groups excluding carboxylic acids is 2. The van der Waals surface area contributed by atoms with E-state index >= 15 is 0 Å². The van der Waals surface area contributed by atoms with E-state index in [1.165, 1.54) is 0 Å². The van der Waals surface area contributed by atoms with E-state index in [0.717, 1.165) is 11.3 Å². The number of rotatable bonds is 1. The molecule has 1 aromatic rings. The molecule has 1 heterocycles. The fraction of sp³-hybridized carbons (Fsp3) is 0.412. The van der Waals surface area contributed by atoms with Gasteiger partial charge in [-0.25, -0.2) is 0 Å². The topological polar surface area (TPSA) is 46.2 Å². The van der Waals surface area contributed by atoms with Gasteiger partial charge in [-0.3, -0.25) is 9.59 Å². The fourth-order valence-electron chi connectivity index (χ4n) is 3.41. The van der Waals surface area contributed by atoms with Crippen LogP contribution < -0.4 is 5.32 Å². The highest BCUT2D eigenvalue weighted by atomic mass is 35.5. The molecule has 0 bridgehead atoms. The molecule has 1 aliphatic heterocycles. The summed E-state index contributed by atoms with van der Waals surface area (Å²) in [4.78, 5) is 24.7. The van der Waals surface area contributed by atoms with E-state index in [1.807, 2.05) is 19.9 Å². The Morgan fingerprint density at radius 2 is 1.91 bits per heavy atom. The lowest BCUT2D eigenvalue weighted by Gasteiger charge is -2.38. The molecule has 3 rings (SSSR count). The third-order valence-electron chi connectivity index (χ3n) is 4.31. The average Bonchev–Trinajstić information content (AvgIpc) is 2.39. The third kappa shape index (κ3) is 2.68. The minimum atomic E-state index is -0.307. The van der Waals surface area contributed by atoms with Crippen LogP contribution in [0.2, 0.25) is 10.0 Å². The van der Waals surface area contributed by atoms with Gasteiger partial charge in [0.15, 0.2) is 5.78 Å². The van der Waals surface area contributed by atoms with E-state index in [-0.39, 0.29) is 29.4 Å². The maximum Gasteiger partial charge on any atom is 0.225 e. The minimum absolute atomic E-state index is 0.0784. The molecule has 0 aromatic heterocycles. The lowest BCUT2D eigenvalue weighted by molar-refractivity contribution is -0.122. The fourth-order valence-corrected chi connectivity index (χ4v) is 3.85. The van der Waals surface area contributed by atoms with Crippen LogP contribution in [-0.4, -0.2) is 11.7 Å². The van der Waals surface area contributed by atoms with Crippen molar-refractivity contribution in [3.8, 4) is 0 Å². The zero-order chi connectivity index (χ0) is 16.1. The normalized spacial score (nSPS) is 24.1. The Kier molecular flexibility index (Phi) is 3.82. The summed E-state index contributed by atoms with van der Waals surface area (Å²) in [5.74, 6) is -0.295. The van der Waals surface area contributed by atoms with Crippen LogP contribution in [0.3, 0.4) is 0 Å². The van der Waals surface area contributed by atoms with E-state index < -0.39 is 0 Å². The largest absolute Gasteiger partial charge is 0.329 e. The van der Waals surface area contributed by atoms with Crippen molar-refractivity contribution >= 4 is 34.9 Å². The maximum absolute atomic E-state index is 12.6. The highest BCUT2D eigenvalue weighted by Gasteiger charge is 2.41. The number of nitrogens with one attached hydrogen (secondary N) is 1. The number of benzene rings is 1. The summed E-state index contributed by atoms with van der Waals surface area (Å²) >= 11 is 12.4. The van der Waals surface area contributed by atoms with Crippen molar-refractivity contribution in [1.82, 2.24) is 5.32 Å². The van der Waals surface area contributed by atoms with Crippen molar-refractivity contribution in [2.45, 2.75) is 39.0 Å². The summed E-state index contributed by atoms with van der Waals surface area (Å²) in [5, 5.41) is 3.75. The van der Waals surface area contributed by atoms with Gasteiger partial charge in [-0.1, -0.05) is 49.2 Å². The molecule has 3 nitrogen and oxygen atoms in total. The first-order valence-electron chi connectivity index (χ1n) is 7.28. The second-order valence-electron chi connectivity index (χ2n) is 6.78. The molecule has 1 atom stereocenters. The lowest BCUT2D eigenvalue weighted by Crippen LogP contribution is -2.40. The number of hydrogen-bond donors (Lipinski definition) is 1. The van der Waals surface area contributed by atoms with Gasteiger partial charge in [0.25, 0.3) is 0 Å². The predicted octanol–water partition coefficient (Wildman–Crippen LogP) is 4.24. The first kappa shape index (κ1) is 15.6.